The number of Topliss-reactive ketones (excluding diaryl/α,β-unsaturated/α-hetero) is 1. The van der Waals surface area contributed by atoms with Crippen LogP contribution in [0.5, 0.6) is 0 Å². The van der Waals surface area contributed by atoms with Crippen LogP contribution in [0.25, 0.3) is 0 Å². The number of hydrogen-bond donors (Lipinski definition) is 1. The van der Waals surface area contributed by atoms with Gasteiger partial charge in [0.25, 0.3) is 0 Å². The van der Waals surface area contributed by atoms with Crippen molar-refractivity contribution in [3.8, 4) is 11.8 Å². The van der Waals surface area contributed by atoms with E-state index in [0.717, 1.165) is 0 Å². The first-order valence-corrected chi connectivity index (χ1v) is 5.23. The first-order valence-electron chi connectivity index (χ1n) is 5.23. The standard InChI is InChI=1S/C12H19NO2/c1-9(2)8-11(14)6-5-7-13-12(15)10(3)4/h9-10H,7-8H2,1-4H3,(H,13,15). The van der Waals surface area contributed by atoms with Crippen LogP contribution >= 0.6 is 0 Å². The number of rotatable bonds is 4. The third-order valence-corrected chi connectivity index (χ3v) is 1.70. The van der Waals surface area contributed by atoms with Crippen LogP contribution in [-0.2, 0) is 9.59 Å². The SMILES string of the molecule is CC(C)CC(=O)C#CCNC(=O)C(C)C. The molecule has 0 aromatic rings. The Morgan fingerprint density at radius 2 is 1.80 bits per heavy atom. The van der Waals surface area contributed by atoms with Crippen molar-refractivity contribution < 1.29 is 9.59 Å². The molecule has 3 nitrogen and oxygen atoms in total. The zero-order chi connectivity index (χ0) is 11.8. The van der Waals surface area contributed by atoms with Crippen LogP contribution in [0.15, 0.2) is 0 Å². The highest BCUT2D eigenvalue weighted by atomic mass is 16.1. The van der Waals surface area contributed by atoms with E-state index in [2.05, 4.69) is 17.2 Å². The molecule has 0 aromatic heterocycles. The fraction of sp³-hybridized carbons (Fsp3) is 0.667. The van der Waals surface area contributed by atoms with Crippen LogP contribution in [0, 0.1) is 23.7 Å². The average Bonchev–Trinajstić information content (AvgIpc) is 2.10. The Bertz CT molecular complexity index is 282. The molecule has 0 aromatic carbocycles. The normalized spacial score (nSPS) is 9.73. The first kappa shape index (κ1) is 13.7. The van der Waals surface area contributed by atoms with Gasteiger partial charge in [0.2, 0.25) is 11.7 Å². The lowest BCUT2D eigenvalue weighted by atomic mass is 10.1. The van der Waals surface area contributed by atoms with Crippen LogP contribution in [0.1, 0.15) is 34.1 Å². The van der Waals surface area contributed by atoms with Crippen LogP contribution in [0.3, 0.4) is 0 Å². The van der Waals surface area contributed by atoms with E-state index < -0.39 is 0 Å². The van der Waals surface area contributed by atoms with Gasteiger partial charge in [-0.3, -0.25) is 9.59 Å². The van der Waals surface area contributed by atoms with E-state index in [1.807, 2.05) is 27.7 Å². The van der Waals surface area contributed by atoms with Gasteiger partial charge in [-0.05, 0) is 11.8 Å². The molecule has 0 rings (SSSR count). The molecule has 0 heterocycles. The van der Waals surface area contributed by atoms with E-state index in [9.17, 15) is 9.59 Å². The van der Waals surface area contributed by atoms with E-state index >= 15 is 0 Å². The van der Waals surface area contributed by atoms with Gasteiger partial charge in [-0.2, -0.15) is 0 Å². The van der Waals surface area contributed by atoms with Gasteiger partial charge in [0.15, 0.2) is 0 Å². The molecule has 0 atom stereocenters. The maximum absolute atomic E-state index is 11.1. The van der Waals surface area contributed by atoms with Gasteiger partial charge in [0.1, 0.15) is 0 Å². The van der Waals surface area contributed by atoms with Gasteiger partial charge in [-0.15, -0.1) is 0 Å². The number of carbonyl (C=O) groups excluding carboxylic acids is 2. The van der Waals surface area contributed by atoms with Crippen molar-refractivity contribution in [3.05, 3.63) is 0 Å². The molecule has 0 saturated heterocycles. The highest BCUT2D eigenvalue weighted by molar-refractivity contribution is 5.95. The predicted molar refractivity (Wildman–Crippen MR) is 60.1 cm³/mol. The molecule has 0 spiro atoms. The minimum atomic E-state index is -0.0659. The van der Waals surface area contributed by atoms with Crippen LogP contribution in [-0.4, -0.2) is 18.2 Å². The van der Waals surface area contributed by atoms with Crippen molar-refractivity contribution in [1.82, 2.24) is 5.32 Å². The van der Waals surface area contributed by atoms with Gasteiger partial charge in [0.05, 0.1) is 6.54 Å². The lowest BCUT2D eigenvalue weighted by molar-refractivity contribution is -0.123. The molecular formula is C12H19NO2. The monoisotopic (exact) mass is 209 g/mol. The number of hydrogen-bond acceptors (Lipinski definition) is 2. The molecule has 0 unspecified atom stereocenters. The van der Waals surface area contributed by atoms with Gasteiger partial charge < -0.3 is 5.32 Å². The third kappa shape index (κ3) is 7.75. The fourth-order valence-corrected chi connectivity index (χ4v) is 0.900. The fourth-order valence-electron chi connectivity index (χ4n) is 0.900. The van der Waals surface area contributed by atoms with Crippen molar-refractivity contribution in [2.45, 2.75) is 34.1 Å². The summed E-state index contributed by atoms with van der Waals surface area (Å²) in [7, 11) is 0. The van der Waals surface area contributed by atoms with E-state index in [1.165, 1.54) is 0 Å². The van der Waals surface area contributed by atoms with Gasteiger partial charge >= 0.3 is 0 Å². The van der Waals surface area contributed by atoms with Gasteiger partial charge in [-0.1, -0.05) is 33.6 Å². The lowest BCUT2D eigenvalue weighted by Gasteiger charge is -2.02. The second-order valence-corrected chi connectivity index (χ2v) is 4.20. The van der Waals surface area contributed by atoms with Crippen molar-refractivity contribution in [3.63, 3.8) is 0 Å². The summed E-state index contributed by atoms with van der Waals surface area (Å²) in [5.74, 6) is 5.33. The summed E-state index contributed by atoms with van der Waals surface area (Å²) in [4.78, 5) is 22.2. The molecule has 15 heavy (non-hydrogen) atoms. The minimum absolute atomic E-state index is 0.0411. The van der Waals surface area contributed by atoms with E-state index in [4.69, 9.17) is 0 Å². The summed E-state index contributed by atoms with van der Waals surface area (Å²) in [6, 6.07) is 0. The maximum Gasteiger partial charge on any atom is 0.223 e. The van der Waals surface area contributed by atoms with Crippen LogP contribution in [0.2, 0.25) is 0 Å². The number of carbonyl (C=O) groups is 2. The second kappa shape index (κ2) is 7.05. The van der Waals surface area contributed by atoms with Crippen molar-refractivity contribution in [1.29, 1.82) is 0 Å². The number of ketones is 1. The molecule has 0 fully saturated rings. The zero-order valence-electron chi connectivity index (χ0n) is 9.89. The largest absolute Gasteiger partial charge is 0.345 e. The maximum atomic E-state index is 11.1. The first-order chi connectivity index (χ1) is 6.93. The average molecular weight is 209 g/mol. The second-order valence-electron chi connectivity index (χ2n) is 4.20. The summed E-state index contributed by atoms with van der Waals surface area (Å²) < 4.78 is 0. The highest BCUT2D eigenvalue weighted by Gasteiger charge is 2.04. The quantitative estimate of drug-likeness (QED) is 0.561. The van der Waals surface area contributed by atoms with Crippen LogP contribution < -0.4 is 5.32 Å². The number of amides is 1. The Kier molecular flexibility index (Phi) is 6.44. The topological polar surface area (TPSA) is 46.2 Å². The molecule has 3 heteroatoms. The molecule has 0 bridgehead atoms. The summed E-state index contributed by atoms with van der Waals surface area (Å²) in [5.41, 5.74) is 0. The Morgan fingerprint density at radius 3 is 2.27 bits per heavy atom. The Balaban J connectivity index is 3.81. The predicted octanol–water partition coefficient (Wildman–Crippen LogP) is 1.38. The van der Waals surface area contributed by atoms with E-state index in [-0.39, 0.29) is 24.2 Å². The molecule has 0 saturated carbocycles. The lowest BCUT2D eigenvalue weighted by Crippen LogP contribution is -2.27. The third-order valence-electron chi connectivity index (χ3n) is 1.70. The minimum Gasteiger partial charge on any atom is -0.345 e. The van der Waals surface area contributed by atoms with Crippen molar-refractivity contribution >= 4 is 11.7 Å². The Hall–Kier alpha value is -1.30. The molecule has 1 amide bonds. The van der Waals surface area contributed by atoms with Gasteiger partial charge in [0, 0.05) is 12.3 Å². The summed E-state index contributed by atoms with van der Waals surface area (Å²) >= 11 is 0. The van der Waals surface area contributed by atoms with Crippen molar-refractivity contribution in [2.24, 2.45) is 11.8 Å². The van der Waals surface area contributed by atoms with E-state index in [0.29, 0.717) is 12.3 Å². The Morgan fingerprint density at radius 1 is 1.20 bits per heavy atom. The van der Waals surface area contributed by atoms with Gasteiger partial charge in [-0.25, -0.2) is 0 Å². The molecule has 84 valence electrons. The van der Waals surface area contributed by atoms with E-state index in [1.54, 1.807) is 0 Å². The molecule has 0 radical (unpaired) electrons. The number of nitrogens with one attached hydrogen (secondary N) is 1. The highest BCUT2D eigenvalue weighted by Crippen LogP contribution is 1.98. The molecule has 0 aliphatic carbocycles. The van der Waals surface area contributed by atoms with Crippen LogP contribution in [0.4, 0.5) is 0 Å². The zero-order valence-corrected chi connectivity index (χ0v) is 9.89. The molecule has 0 aliphatic heterocycles. The molecular weight excluding hydrogens is 190 g/mol. The molecule has 1 N–H and O–H groups in total. The van der Waals surface area contributed by atoms with Crippen molar-refractivity contribution in [2.75, 3.05) is 6.54 Å². The smallest absolute Gasteiger partial charge is 0.223 e. The molecule has 0 aliphatic rings. The Labute approximate surface area is 91.6 Å². The summed E-state index contributed by atoms with van der Waals surface area (Å²) in [6.45, 7) is 7.82. The summed E-state index contributed by atoms with van der Waals surface area (Å²) in [5, 5.41) is 2.63. The summed E-state index contributed by atoms with van der Waals surface area (Å²) in [6.07, 6.45) is 0.477.